The van der Waals surface area contributed by atoms with E-state index >= 15 is 0 Å². The van der Waals surface area contributed by atoms with Crippen LogP contribution in [0.15, 0.2) is 0 Å². The predicted molar refractivity (Wildman–Crippen MR) is 53.1 cm³/mol. The van der Waals surface area contributed by atoms with Gasteiger partial charge in [-0.05, 0) is 12.0 Å². The Morgan fingerprint density at radius 3 is 1.50 bits per heavy atom. The van der Waals surface area contributed by atoms with Crippen LogP contribution in [0, 0.1) is 5.92 Å². The molecule has 0 bridgehead atoms. The standard InChI is InChI=1S/C4H7Cl5Si/c5-1-4(2-6)3-10(7,8)9/h4H,1-3H2. The first-order valence-corrected chi connectivity index (χ1v) is 8.99. The lowest BCUT2D eigenvalue weighted by Gasteiger charge is -2.13. The van der Waals surface area contributed by atoms with Crippen LogP contribution in [0.3, 0.4) is 0 Å². The van der Waals surface area contributed by atoms with Gasteiger partial charge < -0.3 is 0 Å². The Hall–Kier alpha value is 1.67. The van der Waals surface area contributed by atoms with E-state index in [9.17, 15) is 0 Å². The van der Waals surface area contributed by atoms with Crippen LogP contribution in [0.1, 0.15) is 0 Å². The van der Waals surface area contributed by atoms with Gasteiger partial charge in [-0.2, -0.15) is 0 Å². The largest absolute Gasteiger partial charge is 0.341 e. The molecule has 0 fully saturated rings. The van der Waals surface area contributed by atoms with E-state index in [0.717, 1.165) is 0 Å². The molecule has 62 valence electrons. The van der Waals surface area contributed by atoms with E-state index in [1.54, 1.807) is 0 Å². The summed E-state index contributed by atoms with van der Waals surface area (Å²) in [4.78, 5) is 0. The third kappa shape index (κ3) is 6.38. The van der Waals surface area contributed by atoms with Gasteiger partial charge in [-0.3, -0.25) is 0 Å². The minimum atomic E-state index is -2.51. The molecule has 0 aliphatic heterocycles. The van der Waals surface area contributed by atoms with E-state index in [1.807, 2.05) is 0 Å². The van der Waals surface area contributed by atoms with E-state index in [1.165, 1.54) is 0 Å². The topological polar surface area (TPSA) is 0 Å². The number of alkyl halides is 2. The molecule has 6 heteroatoms. The predicted octanol–water partition coefficient (Wildman–Crippen LogP) is 3.74. The van der Waals surface area contributed by atoms with Crippen molar-refractivity contribution in [2.45, 2.75) is 6.04 Å². The Morgan fingerprint density at radius 2 is 1.40 bits per heavy atom. The molecule has 0 nitrogen and oxygen atoms in total. The van der Waals surface area contributed by atoms with E-state index < -0.39 is 6.00 Å². The second-order valence-corrected chi connectivity index (χ2v) is 11.8. The average Bonchev–Trinajstić information content (AvgIpc) is 1.81. The third-order valence-corrected chi connectivity index (χ3v) is 4.26. The van der Waals surface area contributed by atoms with Crippen LogP contribution in [-0.2, 0) is 0 Å². The molecule has 0 spiro atoms. The van der Waals surface area contributed by atoms with Gasteiger partial charge >= 0.3 is 6.00 Å². The Labute approximate surface area is 85.8 Å². The normalized spacial score (nSPS) is 12.6. The maximum atomic E-state index is 5.64. The van der Waals surface area contributed by atoms with E-state index in [-0.39, 0.29) is 5.92 Å². The van der Waals surface area contributed by atoms with Crippen molar-refractivity contribution < 1.29 is 0 Å². The molecule has 0 heterocycles. The Balaban J connectivity index is 3.63. The van der Waals surface area contributed by atoms with Crippen molar-refractivity contribution in [2.24, 2.45) is 5.92 Å². The highest BCUT2D eigenvalue weighted by Crippen LogP contribution is 2.30. The van der Waals surface area contributed by atoms with Gasteiger partial charge in [0.25, 0.3) is 0 Å². The number of halogens is 5. The maximum absolute atomic E-state index is 5.64. The van der Waals surface area contributed by atoms with E-state index in [4.69, 9.17) is 56.4 Å². The Bertz CT molecular complexity index is 86.1. The molecule has 0 aliphatic carbocycles. The molecule has 10 heavy (non-hydrogen) atoms. The van der Waals surface area contributed by atoms with Gasteiger partial charge in [-0.25, -0.2) is 0 Å². The molecular weight excluding hydrogens is 253 g/mol. The number of rotatable bonds is 4. The van der Waals surface area contributed by atoms with Crippen molar-refractivity contribution in [1.29, 1.82) is 0 Å². The molecule has 0 radical (unpaired) electrons. The van der Waals surface area contributed by atoms with Gasteiger partial charge in [0.05, 0.1) is 0 Å². The molecule has 0 N–H and O–H groups in total. The summed E-state index contributed by atoms with van der Waals surface area (Å²) < 4.78 is 0. The Morgan fingerprint density at radius 1 is 1.00 bits per heavy atom. The quantitative estimate of drug-likeness (QED) is 0.410. The summed E-state index contributed by atoms with van der Waals surface area (Å²) in [5.41, 5.74) is 0. The fourth-order valence-electron chi connectivity index (χ4n) is 0.478. The number of hydrogen-bond donors (Lipinski definition) is 0. The molecule has 0 saturated carbocycles. The average molecular weight is 260 g/mol. The molecule has 0 aliphatic rings. The van der Waals surface area contributed by atoms with Gasteiger partial charge in [0.15, 0.2) is 0 Å². The van der Waals surface area contributed by atoms with Gasteiger partial charge in [0, 0.05) is 11.8 Å². The molecular formula is C4H7Cl5Si. The van der Waals surface area contributed by atoms with Crippen LogP contribution < -0.4 is 0 Å². The number of hydrogen-bond acceptors (Lipinski definition) is 0. The zero-order valence-electron chi connectivity index (χ0n) is 5.09. The molecule has 0 aromatic heterocycles. The molecule has 0 aromatic carbocycles. The van der Waals surface area contributed by atoms with Crippen molar-refractivity contribution in [3.8, 4) is 0 Å². The highest BCUT2D eigenvalue weighted by atomic mass is 35.8. The van der Waals surface area contributed by atoms with Gasteiger partial charge in [-0.1, -0.05) is 0 Å². The highest BCUT2D eigenvalue weighted by Gasteiger charge is 2.28. The first-order chi connectivity index (χ1) is 4.49. The maximum Gasteiger partial charge on any atom is 0.341 e. The zero-order valence-corrected chi connectivity index (χ0v) is 9.87. The first-order valence-electron chi connectivity index (χ1n) is 2.68. The highest BCUT2D eigenvalue weighted by molar-refractivity contribution is 7.64. The summed E-state index contributed by atoms with van der Waals surface area (Å²) in [5, 5.41) is 0. The van der Waals surface area contributed by atoms with Crippen molar-refractivity contribution >= 4 is 62.4 Å². The summed E-state index contributed by atoms with van der Waals surface area (Å²) in [6.45, 7) is 0. The van der Waals surface area contributed by atoms with Crippen LogP contribution in [-0.4, -0.2) is 17.8 Å². The molecule has 0 amide bonds. The lowest BCUT2D eigenvalue weighted by atomic mass is 10.3. The third-order valence-electron chi connectivity index (χ3n) is 0.957. The monoisotopic (exact) mass is 258 g/mol. The van der Waals surface area contributed by atoms with Crippen LogP contribution in [0.25, 0.3) is 0 Å². The van der Waals surface area contributed by atoms with E-state index in [2.05, 4.69) is 0 Å². The second kappa shape index (κ2) is 5.34. The zero-order chi connectivity index (χ0) is 8.20. The summed E-state index contributed by atoms with van der Waals surface area (Å²) >= 11 is 28.0. The molecule has 0 unspecified atom stereocenters. The van der Waals surface area contributed by atoms with Gasteiger partial charge in [0.1, 0.15) is 0 Å². The second-order valence-electron chi connectivity index (χ2n) is 1.99. The lowest BCUT2D eigenvalue weighted by molar-refractivity contribution is 0.748. The van der Waals surface area contributed by atoms with Crippen LogP contribution in [0.5, 0.6) is 0 Å². The summed E-state index contributed by atoms with van der Waals surface area (Å²) in [7, 11) is 0. The van der Waals surface area contributed by atoms with Crippen molar-refractivity contribution in [2.75, 3.05) is 11.8 Å². The van der Waals surface area contributed by atoms with Gasteiger partial charge in [-0.15, -0.1) is 56.4 Å². The summed E-state index contributed by atoms with van der Waals surface area (Å²) in [6, 6.07) is -1.97. The minimum absolute atomic E-state index is 0.141. The van der Waals surface area contributed by atoms with Crippen LogP contribution in [0.4, 0.5) is 0 Å². The fraction of sp³-hybridized carbons (Fsp3) is 1.00. The lowest BCUT2D eigenvalue weighted by Crippen LogP contribution is -2.18. The van der Waals surface area contributed by atoms with Crippen molar-refractivity contribution in [3.63, 3.8) is 0 Å². The Kier molecular flexibility index (Phi) is 6.23. The van der Waals surface area contributed by atoms with Crippen molar-refractivity contribution in [3.05, 3.63) is 0 Å². The van der Waals surface area contributed by atoms with Gasteiger partial charge in [0.2, 0.25) is 0 Å². The summed E-state index contributed by atoms with van der Waals surface area (Å²) in [6.07, 6.45) is 0. The first kappa shape index (κ1) is 11.7. The smallest absolute Gasteiger partial charge is 0.126 e. The minimum Gasteiger partial charge on any atom is -0.126 e. The fourth-order valence-corrected chi connectivity index (χ4v) is 4.30. The molecule has 0 atom stereocenters. The SMILES string of the molecule is ClCC(CCl)C[Si](Cl)(Cl)Cl. The van der Waals surface area contributed by atoms with Crippen LogP contribution in [0.2, 0.25) is 6.04 Å². The summed E-state index contributed by atoms with van der Waals surface area (Å²) in [5.74, 6) is 1.07. The van der Waals surface area contributed by atoms with Crippen LogP contribution >= 0.6 is 56.4 Å². The molecule has 0 rings (SSSR count). The van der Waals surface area contributed by atoms with Crippen molar-refractivity contribution in [1.82, 2.24) is 0 Å². The van der Waals surface area contributed by atoms with E-state index in [0.29, 0.717) is 17.8 Å². The molecule has 0 aromatic rings. The molecule has 0 saturated heterocycles.